The van der Waals surface area contributed by atoms with Crippen LogP contribution in [0, 0.1) is 0 Å². The van der Waals surface area contributed by atoms with Gasteiger partial charge in [-0.25, -0.2) is 0 Å². The van der Waals surface area contributed by atoms with E-state index in [1.807, 2.05) is 35.2 Å². The Labute approximate surface area is 145 Å². The fraction of sp³-hybridized carbons (Fsp3) is 0.263. The molecule has 0 bridgehead atoms. The highest BCUT2D eigenvalue weighted by Crippen LogP contribution is 2.32. The van der Waals surface area contributed by atoms with Gasteiger partial charge in [-0.05, 0) is 31.4 Å². The summed E-state index contributed by atoms with van der Waals surface area (Å²) in [6.07, 6.45) is 6.10. The summed E-state index contributed by atoms with van der Waals surface area (Å²) < 4.78 is 5.51. The minimum Gasteiger partial charge on any atom is -0.337 e. The quantitative estimate of drug-likeness (QED) is 0.733. The lowest BCUT2D eigenvalue weighted by molar-refractivity contribution is 0.0561. The Balaban J connectivity index is 1.62. The van der Waals surface area contributed by atoms with Gasteiger partial charge in [0.2, 0.25) is 11.7 Å². The van der Waals surface area contributed by atoms with E-state index in [0.29, 0.717) is 23.8 Å². The van der Waals surface area contributed by atoms with E-state index < -0.39 is 0 Å². The summed E-state index contributed by atoms with van der Waals surface area (Å²) in [6, 6.07) is 13.0. The molecule has 3 aromatic rings. The fourth-order valence-corrected chi connectivity index (χ4v) is 3.17. The van der Waals surface area contributed by atoms with Crippen LogP contribution in [-0.4, -0.2) is 32.5 Å². The third-order valence-electron chi connectivity index (χ3n) is 4.45. The Hall–Kier alpha value is -3.02. The van der Waals surface area contributed by atoms with Gasteiger partial charge in [0.1, 0.15) is 6.04 Å². The first-order chi connectivity index (χ1) is 12.3. The first kappa shape index (κ1) is 15.5. The van der Waals surface area contributed by atoms with Gasteiger partial charge in [0.05, 0.1) is 0 Å². The number of likely N-dealkylation sites (tertiary alicyclic amines) is 1. The van der Waals surface area contributed by atoms with Crippen LogP contribution >= 0.6 is 0 Å². The molecule has 4 rings (SSSR count). The van der Waals surface area contributed by atoms with Gasteiger partial charge in [0.25, 0.3) is 5.91 Å². The van der Waals surface area contributed by atoms with E-state index in [1.165, 1.54) is 0 Å². The Morgan fingerprint density at radius 1 is 1.08 bits per heavy atom. The number of carbonyl (C=O) groups is 1. The summed E-state index contributed by atoms with van der Waals surface area (Å²) in [5, 5.41) is 4.09. The van der Waals surface area contributed by atoms with Crippen LogP contribution in [-0.2, 0) is 0 Å². The standard InChI is InChI=1S/C19H18N4O2/c24-19(15-9-11-20-12-10-15)23-13-5-4-8-16(23)18-21-17(22-25-18)14-6-2-1-3-7-14/h1-3,6-7,9-12,16H,4-5,8,13H2. The molecule has 3 heterocycles. The van der Waals surface area contributed by atoms with E-state index in [-0.39, 0.29) is 11.9 Å². The van der Waals surface area contributed by atoms with E-state index >= 15 is 0 Å². The maximum absolute atomic E-state index is 12.9. The molecule has 25 heavy (non-hydrogen) atoms. The number of piperidine rings is 1. The molecule has 1 aliphatic rings. The molecule has 6 heteroatoms. The second kappa shape index (κ2) is 6.84. The molecule has 1 amide bonds. The summed E-state index contributed by atoms with van der Waals surface area (Å²) in [4.78, 5) is 23.2. The van der Waals surface area contributed by atoms with Gasteiger partial charge in [-0.1, -0.05) is 35.5 Å². The Morgan fingerprint density at radius 2 is 1.88 bits per heavy atom. The summed E-state index contributed by atoms with van der Waals surface area (Å²) >= 11 is 0. The first-order valence-corrected chi connectivity index (χ1v) is 8.43. The smallest absolute Gasteiger partial charge is 0.254 e. The predicted molar refractivity (Wildman–Crippen MR) is 91.6 cm³/mol. The topological polar surface area (TPSA) is 72.1 Å². The second-order valence-electron chi connectivity index (χ2n) is 6.07. The van der Waals surface area contributed by atoms with Crippen molar-refractivity contribution in [3.63, 3.8) is 0 Å². The molecule has 6 nitrogen and oxygen atoms in total. The van der Waals surface area contributed by atoms with Crippen LogP contribution in [0.25, 0.3) is 11.4 Å². The lowest BCUT2D eigenvalue weighted by Gasteiger charge is -2.33. The third kappa shape index (κ3) is 3.15. The van der Waals surface area contributed by atoms with Gasteiger partial charge < -0.3 is 9.42 Å². The molecule has 0 aliphatic carbocycles. The lowest BCUT2D eigenvalue weighted by Crippen LogP contribution is -2.38. The van der Waals surface area contributed by atoms with Gasteiger partial charge in [-0.15, -0.1) is 0 Å². The maximum atomic E-state index is 12.9. The van der Waals surface area contributed by atoms with Crippen LogP contribution in [0.1, 0.15) is 41.6 Å². The number of rotatable bonds is 3. The van der Waals surface area contributed by atoms with Gasteiger partial charge in [-0.3, -0.25) is 9.78 Å². The number of hydrogen-bond acceptors (Lipinski definition) is 5. The van der Waals surface area contributed by atoms with Crippen LogP contribution < -0.4 is 0 Å². The van der Waals surface area contributed by atoms with Crippen molar-refractivity contribution >= 4 is 5.91 Å². The van der Waals surface area contributed by atoms with Crippen molar-refractivity contribution in [2.45, 2.75) is 25.3 Å². The number of carbonyl (C=O) groups excluding carboxylic acids is 1. The van der Waals surface area contributed by atoms with Gasteiger partial charge in [0.15, 0.2) is 0 Å². The summed E-state index contributed by atoms with van der Waals surface area (Å²) in [5.41, 5.74) is 1.53. The molecule has 1 unspecified atom stereocenters. The zero-order valence-electron chi connectivity index (χ0n) is 13.7. The van der Waals surface area contributed by atoms with Crippen LogP contribution in [0.5, 0.6) is 0 Å². The van der Waals surface area contributed by atoms with Crippen LogP contribution in [0.3, 0.4) is 0 Å². The number of aromatic nitrogens is 3. The highest BCUT2D eigenvalue weighted by molar-refractivity contribution is 5.94. The normalized spacial score (nSPS) is 17.4. The van der Waals surface area contributed by atoms with Gasteiger partial charge >= 0.3 is 0 Å². The number of amides is 1. The van der Waals surface area contributed by atoms with E-state index in [0.717, 1.165) is 24.8 Å². The summed E-state index contributed by atoms with van der Waals surface area (Å²) in [7, 11) is 0. The zero-order chi connectivity index (χ0) is 17.1. The molecular formula is C19H18N4O2. The number of pyridine rings is 1. The van der Waals surface area contributed by atoms with Crippen molar-refractivity contribution in [2.75, 3.05) is 6.54 Å². The molecule has 1 fully saturated rings. The molecule has 1 atom stereocenters. The van der Waals surface area contributed by atoms with Crippen molar-refractivity contribution in [1.82, 2.24) is 20.0 Å². The SMILES string of the molecule is O=C(c1ccncc1)N1CCCCC1c1nc(-c2ccccc2)no1. The van der Waals surface area contributed by atoms with Crippen molar-refractivity contribution in [3.05, 3.63) is 66.3 Å². The average Bonchev–Trinajstić information content (AvgIpc) is 3.19. The highest BCUT2D eigenvalue weighted by Gasteiger charge is 2.32. The van der Waals surface area contributed by atoms with E-state index in [1.54, 1.807) is 24.5 Å². The van der Waals surface area contributed by atoms with Crippen molar-refractivity contribution in [3.8, 4) is 11.4 Å². The zero-order valence-corrected chi connectivity index (χ0v) is 13.7. The van der Waals surface area contributed by atoms with Gasteiger partial charge in [0, 0.05) is 30.1 Å². The molecule has 1 aliphatic heterocycles. The first-order valence-electron chi connectivity index (χ1n) is 8.43. The van der Waals surface area contributed by atoms with Crippen molar-refractivity contribution in [2.24, 2.45) is 0 Å². The molecule has 2 aromatic heterocycles. The number of hydrogen-bond donors (Lipinski definition) is 0. The minimum atomic E-state index is -0.181. The molecule has 0 spiro atoms. The summed E-state index contributed by atoms with van der Waals surface area (Å²) in [6.45, 7) is 0.689. The molecule has 126 valence electrons. The minimum absolute atomic E-state index is 0.0217. The fourth-order valence-electron chi connectivity index (χ4n) is 3.17. The van der Waals surface area contributed by atoms with E-state index in [2.05, 4.69) is 15.1 Å². The largest absolute Gasteiger partial charge is 0.337 e. The molecule has 1 aromatic carbocycles. The summed E-state index contributed by atoms with van der Waals surface area (Å²) in [5.74, 6) is 1.03. The molecule has 0 N–H and O–H groups in total. The number of benzene rings is 1. The molecule has 1 saturated heterocycles. The maximum Gasteiger partial charge on any atom is 0.254 e. The Kier molecular flexibility index (Phi) is 4.24. The van der Waals surface area contributed by atoms with Crippen molar-refractivity contribution < 1.29 is 9.32 Å². The highest BCUT2D eigenvalue weighted by atomic mass is 16.5. The number of nitrogens with zero attached hydrogens (tertiary/aromatic N) is 4. The molecule has 0 radical (unpaired) electrons. The van der Waals surface area contributed by atoms with E-state index in [4.69, 9.17) is 4.52 Å². The lowest BCUT2D eigenvalue weighted by atomic mass is 10.0. The predicted octanol–water partition coefficient (Wildman–Crippen LogP) is 3.50. The average molecular weight is 334 g/mol. The van der Waals surface area contributed by atoms with Crippen LogP contribution in [0.15, 0.2) is 59.4 Å². The Bertz CT molecular complexity index is 848. The third-order valence-corrected chi connectivity index (χ3v) is 4.45. The van der Waals surface area contributed by atoms with Crippen molar-refractivity contribution in [1.29, 1.82) is 0 Å². The molecular weight excluding hydrogens is 316 g/mol. The second-order valence-corrected chi connectivity index (χ2v) is 6.07. The molecule has 0 saturated carbocycles. The van der Waals surface area contributed by atoms with Crippen LogP contribution in [0.2, 0.25) is 0 Å². The Morgan fingerprint density at radius 3 is 2.68 bits per heavy atom. The van der Waals surface area contributed by atoms with Crippen LogP contribution in [0.4, 0.5) is 0 Å². The van der Waals surface area contributed by atoms with Gasteiger partial charge in [-0.2, -0.15) is 4.98 Å². The van der Waals surface area contributed by atoms with E-state index in [9.17, 15) is 4.79 Å². The monoisotopic (exact) mass is 334 g/mol.